The van der Waals surface area contributed by atoms with Gasteiger partial charge < -0.3 is 0 Å². The molecule has 0 spiro atoms. The molecule has 1 rings (SSSR count). The van der Waals surface area contributed by atoms with E-state index in [2.05, 4.69) is 0 Å². The van der Waals surface area contributed by atoms with Crippen molar-refractivity contribution in [2.45, 2.75) is 5.02 Å². The Kier molecular flexibility index (Phi) is 5.72. The van der Waals surface area contributed by atoms with Gasteiger partial charge in [-0.3, -0.25) is 0 Å². The maximum atomic E-state index is 5.87. The van der Waals surface area contributed by atoms with Crippen LogP contribution in [0.3, 0.4) is 0 Å². The van der Waals surface area contributed by atoms with Gasteiger partial charge in [0, 0.05) is 0 Å². The van der Waals surface area contributed by atoms with Gasteiger partial charge in [0.15, 0.2) is 0 Å². The molecular weight excluding hydrogens is 256 g/mol. The van der Waals surface area contributed by atoms with E-state index in [1.165, 1.54) is 18.3 Å². The van der Waals surface area contributed by atoms with Crippen molar-refractivity contribution in [3.05, 3.63) is 33.8 Å². The van der Waals surface area contributed by atoms with Gasteiger partial charge in [0.05, 0.1) is 0 Å². The molecule has 0 aliphatic rings. The maximum absolute atomic E-state index is 5.87. The first-order valence-corrected chi connectivity index (χ1v) is 5.83. The molecule has 0 saturated carbocycles. The SMILES string of the molecule is Cl.Clc1cccc(Cl)c1[CH2][Zn]. The van der Waals surface area contributed by atoms with Crippen LogP contribution in [0, 0.1) is 0 Å². The van der Waals surface area contributed by atoms with E-state index >= 15 is 0 Å². The van der Waals surface area contributed by atoms with Crippen molar-refractivity contribution < 1.29 is 18.3 Å². The molecule has 0 aromatic heterocycles. The number of benzene rings is 1. The first kappa shape index (κ1) is 11.7. The van der Waals surface area contributed by atoms with Crippen LogP contribution in [0.5, 0.6) is 0 Å². The summed E-state index contributed by atoms with van der Waals surface area (Å²) < 4.78 is 0. The first-order chi connectivity index (χ1) is 4.75. The Labute approximate surface area is 92.4 Å². The van der Waals surface area contributed by atoms with Gasteiger partial charge in [0.2, 0.25) is 0 Å². The molecular formula is C7H6Cl3Zn. The van der Waals surface area contributed by atoms with Crippen LogP contribution in [0.15, 0.2) is 18.2 Å². The van der Waals surface area contributed by atoms with Gasteiger partial charge in [-0.15, -0.1) is 12.4 Å². The van der Waals surface area contributed by atoms with Crippen LogP contribution >= 0.6 is 35.6 Å². The Balaban J connectivity index is 0.000001000. The van der Waals surface area contributed by atoms with E-state index in [1.54, 1.807) is 0 Å². The molecule has 4 heteroatoms. The summed E-state index contributed by atoms with van der Waals surface area (Å²) in [7, 11) is 0. The number of hydrogen-bond acceptors (Lipinski definition) is 0. The molecule has 0 atom stereocenters. The number of rotatable bonds is 1. The second-order valence-electron chi connectivity index (χ2n) is 1.95. The van der Waals surface area contributed by atoms with Gasteiger partial charge in [0.1, 0.15) is 0 Å². The Hall–Kier alpha value is 0.713. The van der Waals surface area contributed by atoms with Crippen LogP contribution in [0.4, 0.5) is 0 Å². The Morgan fingerprint density at radius 2 is 1.64 bits per heavy atom. The molecule has 0 unspecified atom stereocenters. The van der Waals surface area contributed by atoms with Crippen LogP contribution < -0.4 is 0 Å². The summed E-state index contributed by atoms with van der Waals surface area (Å²) in [5, 5.41) is 2.59. The zero-order valence-electron chi connectivity index (χ0n) is 5.81. The standard InChI is InChI=1S/C7H5Cl2.ClH.Zn/c1-5-6(8)3-2-4-7(5)9;;/h2-4H,1H2;1H;. The summed E-state index contributed by atoms with van der Waals surface area (Å²) >= 11 is 12.9. The summed E-state index contributed by atoms with van der Waals surface area (Å²) in [5.74, 6) is 0. The van der Waals surface area contributed by atoms with Crippen molar-refractivity contribution in [1.29, 1.82) is 0 Å². The molecule has 0 aliphatic carbocycles. The van der Waals surface area contributed by atoms with Gasteiger partial charge in [0.25, 0.3) is 0 Å². The summed E-state index contributed by atoms with van der Waals surface area (Å²) in [6.07, 6.45) is 0. The molecule has 0 bridgehead atoms. The summed E-state index contributed by atoms with van der Waals surface area (Å²) in [4.78, 5) is 0. The van der Waals surface area contributed by atoms with Gasteiger partial charge in [-0.25, -0.2) is 0 Å². The zero-order chi connectivity index (χ0) is 7.56. The second-order valence-corrected chi connectivity index (χ2v) is 3.81. The minimum atomic E-state index is 0. The molecule has 0 N–H and O–H groups in total. The van der Waals surface area contributed by atoms with E-state index in [-0.39, 0.29) is 12.4 Å². The fraction of sp³-hybridized carbons (Fsp3) is 0.143. The molecule has 57 valence electrons. The van der Waals surface area contributed by atoms with Gasteiger partial charge in [-0.1, -0.05) is 0 Å². The third-order valence-electron chi connectivity index (χ3n) is 1.31. The summed E-state index contributed by atoms with van der Waals surface area (Å²) in [6, 6.07) is 5.61. The molecule has 0 saturated heterocycles. The Bertz CT molecular complexity index is 217. The third-order valence-corrected chi connectivity index (χ3v) is 3.07. The monoisotopic (exact) mass is 259 g/mol. The Morgan fingerprint density at radius 3 is 1.91 bits per heavy atom. The van der Waals surface area contributed by atoms with E-state index in [9.17, 15) is 0 Å². The predicted octanol–water partition coefficient (Wildman–Crippen LogP) is 3.46. The van der Waals surface area contributed by atoms with Crippen molar-refractivity contribution in [3.8, 4) is 0 Å². The normalized spacial score (nSPS) is 9.09. The van der Waals surface area contributed by atoms with Crippen molar-refractivity contribution in [1.82, 2.24) is 0 Å². The first-order valence-electron chi connectivity index (χ1n) is 2.98. The zero-order valence-corrected chi connectivity index (χ0v) is 11.1. The number of halogens is 3. The van der Waals surface area contributed by atoms with Gasteiger partial charge >= 0.3 is 80.3 Å². The quantitative estimate of drug-likeness (QED) is 0.680. The predicted molar refractivity (Wildman–Crippen MR) is 47.4 cm³/mol. The van der Waals surface area contributed by atoms with Gasteiger partial charge in [-0.05, 0) is 0 Å². The molecule has 0 nitrogen and oxygen atoms in total. The van der Waals surface area contributed by atoms with Crippen molar-refractivity contribution in [2.75, 3.05) is 0 Å². The molecule has 0 fully saturated rings. The van der Waals surface area contributed by atoms with Crippen LogP contribution in [-0.4, -0.2) is 0 Å². The van der Waals surface area contributed by atoms with Crippen LogP contribution in [0.2, 0.25) is 10.0 Å². The fourth-order valence-electron chi connectivity index (χ4n) is 0.771. The van der Waals surface area contributed by atoms with E-state index in [4.69, 9.17) is 23.2 Å². The topological polar surface area (TPSA) is 0 Å². The Morgan fingerprint density at radius 1 is 1.18 bits per heavy atom. The minimum absolute atomic E-state index is 0. The molecule has 1 aromatic carbocycles. The molecule has 0 radical (unpaired) electrons. The van der Waals surface area contributed by atoms with Crippen molar-refractivity contribution in [3.63, 3.8) is 0 Å². The van der Waals surface area contributed by atoms with Crippen molar-refractivity contribution >= 4 is 35.6 Å². The van der Waals surface area contributed by atoms with E-state index in [1.807, 2.05) is 18.2 Å². The molecule has 0 aliphatic heterocycles. The summed E-state index contributed by atoms with van der Waals surface area (Å²) in [6.45, 7) is 0. The second kappa shape index (κ2) is 5.37. The van der Waals surface area contributed by atoms with Crippen molar-refractivity contribution in [2.24, 2.45) is 0 Å². The molecule has 11 heavy (non-hydrogen) atoms. The average molecular weight is 262 g/mol. The molecule has 0 heterocycles. The van der Waals surface area contributed by atoms with E-state index < -0.39 is 0 Å². The van der Waals surface area contributed by atoms with Crippen LogP contribution in [0.25, 0.3) is 0 Å². The summed E-state index contributed by atoms with van der Waals surface area (Å²) in [5.41, 5.74) is 1.09. The molecule has 1 aromatic rings. The van der Waals surface area contributed by atoms with E-state index in [0.29, 0.717) is 0 Å². The van der Waals surface area contributed by atoms with Crippen LogP contribution in [-0.2, 0) is 23.3 Å². The average Bonchev–Trinajstić information content (AvgIpc) is 1.88. The fourth-order valence-corrected chi connectivity index (χ4v) is 3.15. The molecule has 0 amide bonds. The van der Waals surface area contributed by atoms with Gasteiger partial charge in [-0.2, -0.15) is 0 Å². The van der Waals surface area contributed by atoms with Crippen LogP contribution in [0.1, 0.15) is 5.56 Å². The number of hydrogen-bond donors (Lipinski definition) is 0. The third kappa shape index (κ3) is 2.91. The van der Waals surface area contributed by atoms with E-state index in [0.717, 1.165) is 20.6 Å².